The zero-order valence-corrected chi connectivity index (χ0v) is 8.03. The first kappa shape index (κ1) is 10.8. The minimum absolute atomic E-state index is 0.0560. The summed E-state index contributed by atoms with van der Waals surface area (Å²) in [6.07, 6.45) is -4.96. The van der Waals surface area contributed by atoms with Crippen molar-refractivity contribution >= 4 is 5.97 Å². The fraction of sp³-hybridized carbons (Fsp3) is 0.875. The van der Waals surface area contributed by atoms with Gasteiger partial charge in [-0.05, 0) is 0 Å². The number of hydrogen-bond acceptors (Lipinski definition) is 7. The summed E-state index contributed by atoms with van der Waals surface area (Å²) < 4.78 is 19.4. The molecule has 0 aromatic rings. The lowest BCUT2D eigenvalue weighted by molar-refractivity contribution is -0.223. The van der Waals surface area contributed by atoms with E-state index in [1.165, 1.54) is 7.11 Å². The molecule has 5 atom stereocenters. The quantitative estimate of drug-likeness (QED) is 0.492. The summed E-state index contributed by atoms with van der Waals surface area (Å²) in [4.78, 5) is 11.1. The van der Waals surface area contributed by atoms with Gasteiger partial charge in [-0.3, -0.25) is 0 Å². The third kappa shape index (κ3) is 1.84. The molecule has 0 radical (unpaired) electrons. The Balaban J connectivity index is 2.06. The Labute approximate surface area is 85.5 Å². The first-order valence-corrected chi connectivity index (χ1v) is 4.50. The standard InChI is InChI=1S/C8H12O7/c1-12-7(11)8-14-4-3(9)2-13-6(10)5(4)15-8/h3-6,8-10H,2H2,1H3. The number of aliphatic hydroxyl groups is 2. The number of fused-ring (bicyclic) bond motifs is 1. The van der Waals surface area contributed by atoms with Gasteiger partial charge in [0.1, 0.15) is 18.3 Å². The van der Waals surface area contributed by atoms with Gasteiger partial charge in [-0.15, -0.1) is 0 Å². The van der Waals surface area contributed by atoms with Gasteiger partial charge >= 0.3 is 5.97 Å². The fourth-order valence-corrected chi connectivity index (χ4v) is 1.61. The van der Waals surface area contributed by atoms with E-state index in [-0.39, 0.29) is 6.61 Å². The average molecular weight is 220 g/mol. The van der Waals surface area contributed by atoms with Gasteiger partial charge in [0.25, 0.3) is 6.29 Å². The smallest absolute Gasteiger partial charge is 0.363 e. The van der Waals surface area contributed by atoms with Gasteiger partial charge in [0, 0.05) is 0 Å². The molecule has 2 fully saturated rings. The second kappa shape index (κ2) is 4.03. The Kier molecular flexibility index (Phi) is 2.89. The number of hydrogen-bond donors (Lipinski definition) is 2. The Hall–Kier alpha value is -0.730. The highest BCUT2D eigenvalue weighted by molar-refractivity contribution is 5.73. The average Bonchev–Trinajstić information content (AvgIpc) is 2.68. The van der Waals surface area contributed by atoms with Crippen molar-refractivity contribution in [3.63, 3.8) is 0 Å². The summed E-state index contributed by atoms with van der Waals surface area (Å²) >= 11 is 0. The van der Waals surface area contributed by atoms with E-state index in [1.807, 2.05) is 0 Å². The fourth-order valence-electron chi connectivity index (χ4n) is 1.61. The van der Waals surface area contributed by atoms with Gasteiger partial charge in [0.2, 0.25) is 0 Å². The van der Waals surface area contributed by atoms with Crippen molar-refractivity contribution in [2.24, 2.45) is 0 Å². The maximum Gasteiger partial charge on any atom is 0.363 e. The molecule has 86 valence electrons. The van der Waals surface area contributed by atoms with Crippen molar-refractivity contribution in [1.82, 2.24) is 0 Å². The van der Waals surface area contributed by atoms with Gasteiger partial charge in [0.05, 0.1) is 13.7 Å². The molecule has 7 nitrogen and oxygen atoms in total. The molecule has 0 bridgehead atoms. The van der Waals surface area contributed by atoms with E-state index in [4.69, 9.17) is 14.2 Å². The molecule has 7 heteroatoms. The normalized spacial score (nSPS) is 44.9. The molecule has 0 saturated carbocycles. The molecule has 15 heavy (non-hydrogen) atoms. The summed E-state index contributed by atoms with van der Waals surface area (Å²) in [5.41, 5.74) is 0. The molecule has 0 aromatic heterocycles. The van der Waals surface area contributed by atoms with E-state index in [0.717, 1.165) is 0 Å². The summed E-state index contributed by atoms with van der Waals surface area (Å²) in [6, 6.07) is 0. The minimum Gasteiger partial charge on any atom is -0.465 e. The molecule has 2 aliphatic heterocycles. The number of rotatable bonds is 1. The molecule has 2 rings (SSSR count). The van der Waals surface area contributed by atoms with Gasteiger partial charge in [-0.2, -0.15) is 0 Å². The minimum atomic E-state index is -1.21. The van der Waals surface area contributed by atoms with Gasteiger partial charge < -0.3 is 29.2 Å². The van der Waals surface area contributed by atoms with Crippen molar-refractivity contribution in [2.75, 3.05) is 13.7 Å². The second-order valence-electron chi connectivity index (χ2n) is 3.35. The summed E-state index contributed by atoms with van der Waals surface area (Å²) in [5, 5.41) is 18.9. The van der Waals surface area contributed by atoms with Crippen molar-refractivity contribution in [2.45, 2.75) is 30.9 Å². The topological polar surface area (TPSA) is 94.5 Å². The summed E-state index contributed by atoms with van der Waals surface area (Å²) in [6.45, 7) is -0.0560. The second-order valence-corrected chi connectivity index (χ2v) is 3.35. The van der Waals surface area contributed by atoms with Crippen LogP contribution in [0.1, 0.15) is 0 Å². The summed E-state index contributed by atoms with van der Waals surface area (Å²) in [5.74, 6) is -0.705. The first-order valence-electron chi connectivity index (χ1n) is 4.50. The van der Waals surface area contributed by atoms with Crippen LogP contribution < -0.4 is 0 Å². The maximum atomic E-state index is 11.1. The van der Waals surface area contributed by atoms with Crippen molar-refractivity contribution in [3.8, 4) is 0 Å². The lowest BCUT2D eigenvalue weighted by Crippen LogP contribution is -2.51. The lowest BCUT2D eigenvalue weighted by atomic mass is 10.1. The largest absolute Gasteiger partial charge is 0.465 e. The molecule has 2 aliphatic rings. The summed E-state index contributed by atoms with van der Waals surface area (Å²) in [7, 11) is 1.19. The highest BCUT2D eigenvalue weighted by Crippen LogP contribution is 2.29. The Bertz CT molecular complexity index is 237. The lowest BCUT2D eigenvalue weighted by Gasteiger charge is -2.31. The number of carbonyl (C=O) groups excluding carboxylic acids is 1. The molecular formula is C8H12O7. The van der Waals surface area contributed by atoms with Crippen molar-refractivity contribution < 1.29 is 34.0 Å². The third-order valence-corrected chi connectivity index (χ3v) is 2.38. The molecule has 0 spiro atoms. The first-order chi connectivity index (χ1) is 7.13. The predicted molar refractivity (Wildman–Crippen MR) is 43.5 cm³/mol. The predicted octanol–water partition coefficient (Wildman–Crippen LogP) is -2.02. The maximum absolute atomic E-state index is 11.1. The molecule has 2 saturated heterocycles. The Morgan fingerprint density at radius 2 is 2.00 bits per heavy atom. The van der Waals surface area contributed by atoms with Crippen LogP contribution in [0, 0.1) is 0 Å². The number of esters is 1. The van der Waals surface area contributed by atoms with E-state index in [9.17, 15) is 15.0 Å². The van der Waals surface area contributed by atoms with Crippen LogP contribution in [0.5, 0.6) is 0 Å². The molecule has 2 heterocycles. The number of ether oxygens (including phenoxy) is 4. The van der Waals surface area contributed by atoms with Crippen molar-refractivity contribution in [3.05, 3.63) is 0 Å². The number of methoxy groups -OCH3 is 1. The van der Waals surface area contributed by atoms with Crippen LogP contribution in [0.2, 0.25) is 0 Å². The van der Waals surface area contributed by atoms with Crippen molar-refractivity contribution in [1.29, 1.82) is 0 Å². The van der Waals surface area contributed by atoms with Crippen LogP contribution in [-0.2, 0) is 23.7 Å². The van der Waals surface area contributed by atoms with Crippen LogP contribution in [0.3, 0.4) is 0 Å². The van der Waals surface area contributed by atoms with Crippen LogP contribution in [0.4, 0.5) is 0 Å². The third-order valence-electron chi connectivity index (χ3n) is 2.38. The van der Waals surface area contributed by atoms with Crippen LogP contribution in [-0.4, -0.2) is 60.8 Å². The molecule has 5 unspecified atom stereocenters. The number of aliphatic hydroxyl groups excluding tert-OH is 2. The van der Waals surface area contributed by atoms with Gasteiger partial charge in [0.15, 0.2) is 6.29 Å². The monoisotopic (exact) mass is 220 g/mol. The SMILES string of the molecule is COC(=O)C1OC2C(O)COC(O)C2O1. The highest BCUT2D eigenvalue weighted by atomic mass is 16.8. The zero-order chi connectivity index (χ0) is 11.0. The zero-order valence-electron chi connectivity index (χ0n) is 8.03. The van der Waals surface area contributed by atoms with Gasteiger partial charge in [-0.25, -0.2) is 4.79 Å². The van der Waals surface area contributed by atoms with E-state index < -0.39 is 36.9 Å². The number of carbonyl (C=O) groups is 1. The van der Waals surface area contributed by atoms with E-state index in [0.29, 0.717) is 0 Å². The van der Waals surface area contributed by atoms with Crippen LogP contribution >= 0.6 is 0 Å². The molecule has 0 aliphatic carbocycles. The van der Waals surface area contributed by atoms with Crippen LogP contribution in [0.15, 0.2) is 0 Å². The highest BCUT2D eigenvalue weighted by Gasteiger charge is 2.50. The molecular weight excluding hydrogens is 208 g/mol. The molecule has 0 amide bonds. The van der Waals surface area contributed by atoms with Crippen LogP contribution in [0.25, 0.3) is 0 Å². The van der Waals surface area contributed by atoms with E-state index in [2.05, 4.69) is 4.74 Å². The van der Waals surface area contributed by atoms with E-state index in [1.54, 1.807) is 0 Å². The molecule has 2 N–H and O–H groups in total. The Morgan fingerprint density at radius 3 is 2.60 bits per heavy atom. The molecule has 0 aromatic carbocycles. The Morgan fingerprint density at radius 1 is 1.33 bits per heavy atom. The van der Waals surface area contributed by atoms with E-state index >= 15 is 0 Å². The van der Waals surface area contributed by atoms with Gasteiger partial charge in [-0.1, -0.05) is 0 Å².